The van der Waals surface area contributed by atoms with Crippen LogP contribution in [0.5, 0.6) is 0 Å². The molecule has 4 N–H and O–H groups in total. The number of nitrogens with one attached hydrogen (secondary N) is 1. The molecule has 0 saturated heterocycles. The maximum Gasteiger partial charge on any atom is 0.326 e. The Morgan fingerprint density at radius 2 is 2.00 bits per heavy atom. The molecule has 0 unspecified atom stereocenters. The summed E-state index contributed by atoms with van der Waals surface area (Å²) in [5, 5.41) is 11.2. The number of hydrogen-bond acceptors (Lipinski definition) is 3. The summed E-state index contributed by atoms with van der Waals surface area (Å²) in [6, 6.07) is 5.43. The largest absolute Gasteiger partial charge is 0.480 e. The van der Waals surface area contributed by atoms with Crippen LogP contribution in [0.15, 0.2) is 28.7 Å². The molecular weight excluding hydrogens is 342 g/mol. The van der Waals surface area contributed by atoms with E-state index in [0.29, 0.717) is 0 Å². The fraction of sp³-hybridized carbons (Fsp3) is 0.308. The Balaban J connectivity index is 2.67. The number of nitrogens with zero attached hydrogens (tertiary/aromatic N) is 1. The summed E-state index contributed by atoms with van der Waals surface area (Å²) in [7, 11) is 1.53. The molecule has 8 heteroatoms. The van der Waals surface area contributed by atoms with E-state index in [-0.39, 0.29) is 6.54 Å². The molecule has 1 aromatic carbocycles. The minimum atomic E-state index is -1.34. The van der Waals surface area contributed by atoms with Crippen molar-refractivity contribution in [2.75, 3.05) is 7.05 Å². The van der Waals surface area contributed by atoms with E-state index in [1.54, 1.807) is 0 Å². The Morgan fingerprint density at radius 3 is 2.52 bits per heavy atom. The van der Waals surface area contributed by atoms with Crippen LogP contribution in [0.25, 0.3) is 0 Å². The second-order valence-corrected chi connectivity index (χ2v) is 5.31. The molecular formula is C13H16BrN3O4. The number of carboxylic acid groups (broad SMARTS) is 1. The molecule has 0 radical (unpaired) electrons. The highest BCUT2D eigenvalue weighted by Gasteiger charge is 2.23. The fourth-order valence-corrected chi connectivity index (χ4v) is 2.02. The van der Waals surface area contributed by atoms with Crippen molar-refractivity contribution in [2.24, 2.45) is 5.73 Å². The second-order valence-electron chi connectivity index (χ2n) is 4.46. The third-order valence-electron chi connectivity index (χ3n) is 2.71. The Hall–Kier alpha value is -2.09. The monoisotopic (exact) mass is 357 g/mol. The van der Waals surface area contributed by atoms with Crippen molar-refractivity contribution in [3.63, 3.8) is 0 Å². The molecule has 0 aliphatic carbocycles. The standard InChI is InChI=1S/C13H16BrN3O4/c1-17(7-8-4-2-3-5-9(8)14)13(21)16-10(12(19)20)6-11(15)18/h2-5,10H,6-7H2,1H3,(H2,15,18)(H,16,21)(H,19,20)/t10-/m0/s1. The Morgan fingerprint density at radius 1 is 1.38 bits per heavy atom. The summed E-state index contributed by atoms with van der Waals surface area (Å²) >= 11 is 3.37. The lowest BCUT2D eigenvalue weighted by Crippen LogP contribution is -2.48. The van der Waals surface area contributed by atoms with Gasteiger partial charge in [0.05, 0.1) is 6.42 Å². The first-order valence-corrected chi connectivity index (χ1v) is 6.86. The molecule has 1 rings (SSSR count). The van der Waals surface area contributed by atoms with Crippen molar-refractivity contribution >= 4 is 33.8 Å². The lowest BCUT2D eigenvalue weighted by Gasteiger charge is -2.21. The first-order valence-electron chi connectivity index (χ1n) is 6.07. The highest BCUT2D eigenvalue weighted by molar-refractivity contribution is 9.10. The average molecular weight is 358 g/mol. The van der Waals surface area contributed by atoms with Gasteiger partial charge in [-0.05, 0) is 11.6 Å². The van der Waals surface area contributed by atoms with Gasteiger partial charge in [0.25, 0.3) is 0 Å². The summed E-state index contributed by atoms with van der Waals surface area (Å²) in [5.74, 6) is -2.10. The van der Waals surface area contributed by atoms with Gasteiger partial charge in [-0.3, -0.25) is 4.79 Å². The number of halogens is 1. The highest BCUT2D eigenvalue weighted by atomic mass is 79.9. The van der Waals surface area contributed by atoms with E-state index >= 15 is 0 Å². The van der Waals surface area contributed by atoms with E-state index < -0.39 is 30.4 Å². The zero-order valence-electron chi connectivity index (χ0n) is 11.4. The van der Waals surface area contributed by atoms with Gasteiger partial charge in [0, 0.05) is 18.1 Å². The quantitative estimate of drug-likeness (QED) is 0.702. The second kappa shape index (κ2) is 7.63. The van der Waals surface area contributed by atoms with Crippen LogP contribution in [0, 0.1) is 0 Å². The number of benzene rings is 1. The van der Waals surface area contributed by atoms with Crippen molar-refractivity contribution in [1.82, 2.24) is 10.2 Å². The Labute approximate surface area is 130 Å². The maximum atomic E-state index is 11.9. The normalized spacial score (nSPS) is 11.5. The summed E-state index contributed by atoms with van der Waals surface area (Å²) in [6.07, 6.45) is -0.454. The van der Waals surface area contributed by atoms with Gasteiger partial charge in [0.15, 0.2) is 0 Å². The van der Waals surface area contributed by atoms with Crippen LogP contribution in [0.4, 0.5) is 4.79 Å². The van der Waals surface area contributed by atoms with E-state index in [9.17, 15) is 14.4 Å². The third-order valence-corrected chi connectivity index (χ3v) is 3.49. The number of urea groups is 1. The molecule has 1 aromatic rings. The van der Waals surface area contributed by atoms with Crippen molar-refractivity contribution < 1.29 is 19.5 Å². The molecule has 21 heavy (non-hydrogen) atoms. The summed E-state index contributed by atoms with van der Waals surface area (Å²) < 4.78 is 0.844. The van der Waals surface area contributed by atoms with Crippen LogP contribution in [-0.2, 0) is 16.1 Å². The number of amides is 3. The first kappa shape index (κ1) is 17.0. The van der Waals surface area contributed by atoms with E-state index in [0.717, 1.165) is 10.0 Å². The summed E-state index contributed by atoms with van der Waals surface area (Å²) in [4.78, 5) is 35.0. The topological polar surface area (TPSA) is 113 Å². The van der Waals surface area contributed by atoms with Gasteiger partial charge in [0.2, 0.25) is 5.91 Å². The lowest BCUT2D eigenvalue weighted by molar-refractivity contribution is -0.140. The number of carboxylic acids is 1. The molecule has 0 saturated carbocycles. The van der Waals surface area contributed by atoms with Gasteiger partial charge in [0.1, 0.15) is 6.04 Å². The number of carbonyl (C=O) groups is 3. The van der Waals surface area contributed by atoms with Crippen LogP contribution in [0.3, 0.4) is 0 Å². The van der Waals surface area contributed by atoms with Gasteiger partial charge in [-0.25, -0.2) is 9.59 Å². The summed E-state index contributed by atoms with van der Waals surface area (Å²) in [5.41, 5.74) is 5.83. The Bertz CT molecular complexity index is 550. The van der Waals surface area contributed by atoms with Crippen LogP contribution in [0.2, 0.25) is 0 Å². The number of carbonyl (C=O) groups excluding carboxylic acids is 2. The molecule has 0 fully saturated rings. The average Bonchev–Trinajstić information content (AvgIpc) is 2.39. The number of nitrogens with two attached hydrogens (primary N) is 1. The number of aliphatic carboxylic acids is 1. The van der Waals surface area contributed by atoms with Crippen molar-refractivity contribution in [3.8, 4) is 0 Å². The van der Waals surface area contributed by atoms with E-state index in [2.05, 4.69) is 21.2 Å². The minimum Gasteiger partial charge on any atom is -0.480 e. The first-order chi connectivity index (χ1) is 9.81. The third kappa shape index (κ3) is 5.42. The highest BCUT2D eigenvalue weighted by Crippen LogP contribution is 2.17. The van der Waals surface area contributed by atoms with Crippen LogP contribution >= 0.6 is 15.9 Å². The van der Waals surface area contributed by atoms with E-state index in [4.69, 9.17) is 10.8 Å². The predicted molar refractivity (Wildman–Crippen MR) is 79.4 cm³/mol. The van der Waals surface area contributed by atoms with Crippen LogP contribution in [-0.4, -0.2) is 41.0 Å². The molecule has 0 aliphatic rings. The fourth-order valence-electron chi connectivity index (χ4n) is 1.61. The van der Waals surface area contributed by atoms with Gasteiger partial charge in [-0.2, -0.15) is 0 Å². The predicted octanol–water partition coefficient (Wildman–Crippen LogP) is 0.919. The van der Waals surface area contributed by atoms with E-state index in [1.807, 2.05) is 24.3 Å². The number of rotatable bonds is 6. The van der Waals surface area contributed by atoms with Crippen LogP contribution in [0.1, 0.15) is 12.0 Å². The van der Waals surface area contributed by atoms with Gasteiger partial charge >= 0.3 is 12.0 Å². The van der Waals surface area contributed by atoms with Gasteiger partial charge in [-0.1, -0.05) is 34.1 Å². The van der Waals surface area contributed by atoms with Crippen molar-refractivity contribution in [1.29, 1.82) is 0 Å². The zero-order chi connectivity index (χ0) is 16.0. The summed E-state index contributed by atoms with van der Waals surface area (Å²) in [6.45, 7) is 0.288. The maximum absolute atomic E-state index is 11.9. The number of hydrogen-bond donors (Lipinski definition) is 3. The van der Waals surface area contributed by atoms with Gasteiger partial charge in [-0.15, -0.1) is 0 Å². The molecule has 7 nitrogen and oxygen atoms in total. The zero-order valence-corrected chi connectivity index (χ0v) is 13.0. The van der Waals surface area contributed by atoms with Gasteiger partial charge < -0.3 is 21.1 Å². The smallest absolute Gasteiger partial charge is 0.326 e. The minimum absolute atomic E-state index is 0.288. The molecule has 114 valence electrons. The molecule has 1 atom stereocenters. The van der Waals surface area contributed by atoms with E-state index in [1.165, 1.54) is 11.9 Å². The molecule has 0 aromatic heterocycles. The lowest BCUT2D eigenvalue weighted by atomic mass is 10.2. The SMILES string of the molecule is CN(Cc1ccccc1Br)C(=O)N[C@@H](CC(N)=O)C(=O)O. The van der Waals surface area contributed by atoms with Crippen LogP contribution < -0.4 is 11.1 Å². The van der Waals surface area contributed by atoms with Crippen molar-refractivity contribution in [3.05, 3.63) is 34.3 Å². The molecule has 0 bridgehead atoms. The molecule has 0 aliphatic heterocycles. The Kier molecular flexibility index (Phi) is 6.16. The molecule has 0 spiro atoms. The molecule has 0 heterocycles. The van der Waals surface area contributed by atoms with Crippen molar-refractivity contribution in [2.45, 2.75) is 19.0 Å². The number of primary amides is 1. The molecule has 3 amide bonds.